The third-order valence-electron chi connectivity index (χ3n) is 9.54. The number of nitrogens with one attached hydrogen (secondary N) is 1. The summed E-state index contributed by atoms with van der Waals surface area (Å²) in [6.07, 6.45) is -37.3. The molecule has 15 N–H and O–H groups in total. The van der Waals surface area contributed by atoms with E-state index in [9.17, 15) is 81.1 Å². The molecule has 4 rings (SSSR count). The number of hydrogen-bond donors (Lipinski definition) is 15. The predicted molar refractivity (Wildman–Crippen MR) is 161 cm³/mol. The number of carboxylic acids is 1. The molecule has 21 atom stereocenters. The molecule has 0 aromatic heterocycles. The second-order valence-corrected chi connectivity index (χ2v) is 13.3. The average molecular weight is 780 g/mol. The Kier molecular flexibility index (Phi) is 14.9. The Morgan fingerprint density at radius 2 is 1.38 bits per heavy atom. The van der Waals surface area contributed by atoms with E-state index >= 15 is 0 Å². The highest BCUT2D eigenvalue weighted by atomic mass is 16.8. The van der Waals surface area contributed by atoms with E-state index in [-0.39, 0.29) is 0 Å². The monoisotopic (exact) mass is 779 g/mol. The minimum atomic E-state index is -3.10. The van der Waals surface area contributed by atoms with Gasteiger partial charge in [0.25, 0.3) is 5.79 Å². The molecule has 4 aliphatic heterocycles. The molecule has 24 heteroatoms. The topological polar surface area (TPSA) is 394 Å². The molecular weight excluding hydrogens is 730 g/mol. The SMILES string of the molecule is CC(=O)N[C@H]1[C@H]([C@H](O)[C@H](O)CO)OC(O[C@H]2[C@@H](O)[C@@H](CO)O[C@@H](O[C@H]3[C@H](OC4O[C@@H](C)[C@@H](O)[C@@H](O)[C@@H]4O)[C@@H](O)C(O)O[C@@H]3CO)[C@@H]2O)(C(=O)O)C[C@@H]1O. The van der Waals surface area contributed by atoms with Crippen molar-refractivity contribution in [2.24, 2.45) is 0 Å². The lowest BCUT2D eigenvalue weighted by atomic mass is 9.88. The van der Waals surface area contributed by atoms with Crippen molar-refractivity contribution in [1.82, 2.24) is 5.32 Å². The fraction of sp³-hybridized carbons (Fsp3) is 0.931. The molecule has 4 heterocycles. The Bertz CT molecular complexity index is 1220. The van der Waals surface area contributed by atoms with Crippen LogP contribution in [0.5, 0.6) is 0 Å². The van der Waals surface area contributed by atoms with Crippen LogP contribution in [0.1, 0.15) is 20.3 Å². The van der Waals surface area contributed by atoms with Crippen LogP contribution in [-0.2, 0) is 42.7 Å². The molecule has 3 unspecified atom stereocenters. The van der Waals surface area contributed by atoms with Crippen molar-refractivity contribution < 1.29 is 114 Å². The molecule has 0 spiro atoms. The number of hydrogen-bond acceptors (Lipinski definition) is 22. The molecule has 308 valence electrons. The first kappa shape index (κ1) is 43.9. The van der Waals surface area contributed by atoms with Gasteiger partial charge in [-0.1, -0.05) is 0 Å². The molecule has 24 nitrogen and oxygen atoms in total. The van der Waals surface area contributed by atoms with Crippen LogP contribution in [0.3, 0.4) is 0 Å². The van der Waals surface area contributed by atoms with Crippen molar-refractivity contribution in [3.05, 3.63) is 0 Å². The Morgan fingerprint density at radius 1 is 0.774 bits per heavy atom. The maximum atomic E-state index is 12.8. The van der Waals surface area contributed by atoms with Crippen LogP contribution < -0.4 is 5.32 Å². The molecule has 4 fully saturated rings. The van der Waals surface area contributed by atoms with E-state index in [4.69, 9.17) is 33.2 Å². The zero-order valence-electron chi connectivity index (χ0n) is 28.3. The van der Waals surface area contributed by atoms with E-state index in [1.165, 1.54) is 6.92 Å². The summed E-state index contributed by atoms with van der Waals surface area (Å²) in [6, 6.07) is -1.59. The van der Waals surface area contributed by atoms with Crippen molar-refractivity contribution >= 4 is 11.9 Å². The second-order valence-electron chi connectivity index (χ2n) is 13.3. The van der Waals surface area contributed by atoms with E-state index in [2.05, 4.69) is 5.32 Å². The van der Waals surface area contributed by atoms with Crippen molar-refractivity contribution in [2.45, 2.75) is 149 Å². The quantitative estimate of drug-likeness (QED) is 0.0825. The van der Waals surface area contributed by atoms with E-state index in [0.717, 1.165) is 6.92 Å². The number of aliphatic hydroxyl groups excluding tert-OH is 13. The zero-order chi connectivity index (χ0) is 39.7. The molecule has 0 radical (unpaired) electrons. The number of aliphatic carboxylic acids is 1. The highest BCUT2D eigenvalue weighted by Gasteiger charge is 2.60. The zero-order valence-corrected chi connectivity index (χ0v) is 28.3. The minimum absolute atomic E-state index is 0.779. The van der Waals surface area contributed by atoms with Crippen LogP contribution in [0.15, 0.2) is 0 Å². The number of carbonyl (C=O) groups is 2. The van der Waals surface area contributed by atoms with Gasteiger partial charge in [-0.05, 0) is 6.92 Å². The number of ether oxygens (including phenoxy) is 7. The van der Waals surface area contributed by atoms with E-state index < -0.39 is 166 Å². The first-order valence-corrected chi connectivity index (χ1v) is 16.6. The van der Waals surface area contributed by atoms with E-state index in [0.29, 0.717) is 0 Å². The van der Waals surface area contributed by atoms with Crippen molar-refractivity contribution in [1.29, 1.82) is 0 Å². The van der Waals surface area contributed by atoms with Gasteiger partial charge in [0.1, 0.15) is 85.5 Å². The Balaban J connectivity index is 1.66. The van der Waals surface area contributed by atoms with E-state index in [1.807, 2.05) is 0 Å². The highest BCUT2D eigenvalue weighted by molar-refractivity contribution is 5.76. The molecule has 53 heavy (non-hydrogen) atoms. The van der Waals surface area contributed by atoms with Gasteiger partial charge in [0.05, 0.1) is 38.1 Å². The maximum absolute atomic E-state index is 12.8. The summed E-state index contributed by atoms with van der Waals surface area (Å²) in [5.41, 5.74) is 0. The number of aliphatic hydroxyl groups is 13. The maximum Gasteiger partial charge on any atom is 0.364 e. The van der Waals surface area contributed by atoms with Gasteiger partial charge in [-0.25, -0.2) is 4.79 Å². The third kappa shape index (κ3) is 9.08. The van der Waals surface area contributed by atoms with Gasteiger partial charge in [0.15, 0.2) is 18.9 Å². The summed E-state index contributed by atoms with van der Waals surface area (Å²) < 4.78 is 38.8. The van der Waals surface area contributed by atoms with Crippen molar-refractivity contribution in [3.8, 4) is 0 Å². The number of carboxylic acid groups (broad SMARTS) is 1. The van der Waals surface area contributed by atoms with Crippen LogP contribution in [-0.4, -0.2) is 232 Å². The summed E-state index contributed by atoms with van der Waals surface area (Å²) in [5.74, 6) is -5.90. The predicted octanol–water partition coefficient (Wildman–Crippen LogP) is -9.37. The van der Waals surface area contributed by atoms with Crippen LogP contribution in [0.25, 0.3) is 0 Å². The van der Waals surface area contributed by atoms with Gasteiger partial charge in [-0.3, -0.25) is 4.79 Å². The lowest BCUT2D eigenvalue weighted by molar-refractivity contribution is -0.396. The average Bonchev–Trinajstić information content (AvgIpc) is 3.11. The van der Waals surface area contributed by atoms with E-state index in [1.54, 1.807) is 0 Å². The second kappa shape index (κ2) is 17.9. The molecule has 0 saturated carbocycles. The van der Waals surface area contributed by atoms with Gasteiger partial charge in [-0.15, -0.1) is 0 Å². The fourth-order valence-electron chi connectivity index (χ4n) is 6.58. The third-order valence-corrected chi connectivity index (χ3v) is 9.54. The number of amides is 1. The van der Waals surface area contributed by atoms with Gasteiger partial charge in [0.2, 0.25) is 5.91 Å². The van der Waals surface area contributed by atoms with Gasteiger partial charge >= 0.3 is 5.97 Å². The van der Waals surface area contributed by atoms with Gasteiger partial charge < -0.3 is 110 Å². The minimum Gasteiger partial charge on any atom is -0.477 e. The molecule has 0 bridgehead atoms. The first-order valence-electron chi connectivity index (χ1n) is 16.6. The normalized spacial score (nSPS) is 47.8. The standard InChI is InChI=1S/C29H49NO23/c1-7-14(37)17(40)18(41)26(47-7)51-24-19(42)25(44)48-12(6-33)21(24)50-27-20(43)23(16(39)11(5-32)49-27)53-29(28(45)46)3-9(35)13(30-8(2)34)22(52-29)15(38)10(36)4-31/h7,9-27,31-33,35-44H,3-6H2,1-2H3,(H,30,34)(H,45,46)/t7-,9-,10+,11+,12+,13+,14+,15+,16-,17+,18-,19+,20+,21+,22+,23-,24+,25?,26?,27-,29?/m0/s1. The molecule has 1 amide bonds. The Labute approximate surface area is 300 Å². The van der Waals surface area contributed by atoms with Crippen molar-refractivity contribution in [3.63, 3.8) is 0 Å². The summed E-state index contributed by atoms with van der Waals surface area (Å²) in [6.45, 7) is -0.758. The van der Waals surface area contributed by atoms with Crippen molar-refractivity contribution in [2.75, 3.05) is 19.8 Å². The molecule has 4 saturated heterocycles. The first-order chi connectivity index (χ1) is 24.8. The summed E-state index contributed by atoms with van der Waals surface area (Å²) in [5, 5.41) is 148. The van der Waals surface area contributed by atoms with Gasteiger partial charge in [0, 0.05) is 13.3 Å². The van der Waals surface area contributed by atoms with Crippen LogP contribution in [0, 0.1) is 0 Å². The Morgan fingerprint density at radius 3 is 1.94 bits per heavy atom. The lowest BCUT2D eigenvalue weighted by Crippen LogP contribution is -2.71. The number of carbonyl (C=O) groups excluding carboxylic acids is 1. The largest absolute Gasteiger partial charge is 0.477 e. The van der Waals surface area contributed by atoms with Gasteiger partial charge in [-0.2, -0.15) is 0 Å². The molecule has 0 aromatic carbocycles. The molecule has 4 aliphatic rings. The van der Waals surface area contributed by atoms with Crippen LogP contribution in [0.2, 0.25) is 0 Å². The molecule has 0 aromatic rings. The summed E-state index contributed by atoms with van der Waals surface area (Å²) >= 11 is 0. The van der Waals surface area contributed by atoms with Crippen LogP contribution in [0.4, 0.5) is 0 Å². The number of rotatable bonds is 13. The Hall–Kier alpha value is -1.86. The summed E-state index contributed by atoms with van der Waals surface area (Å²) in [7, 11) is 0. The molecular formula is C29H49NO23. The highest BCUT2D eigenvalue weighted by Crippen LogP contribution is 2.39. The smallest absolute Gasteiger partial charge is 0.364 e. The summed E-state index contributed by atoms with van der Waals surface area (Å²) in [4.78, 5) is 24.6. The lowest BCUT2D eigenvalue weighted by Gasteiger charge is -2.51. The van der Waals surface area contributed by atoms with Crippen LogP contribution >= 0.6 is 0 Å². The fourth-order valence-corrected chi connectivity index (χ4v) is 6.58. The molecule has 0 aliphatic carbocycles.